The van der Waals surface area contributed by atoms with Gasteiger partial charge in [0.2, 0.25) is 0 Å². The highest BCUT2D eigenvalue weighted by Crippen LogP contribution is 2.30. The van der Waals surface area contributed by atoms with E-state index in [0.29, 0.717) is 16.2 Å². The molecular weight excluding hydrogens is 291 g/mol. The van der Waals surface area contributed by atoms with Crippen molar-refractivity contribution in [2.45, 2.75) is 6.54 Å². The lowest BCUT2D eigenvalue weighted by molar-refractivity contribution is 0.719. The van der Waals surface area contributed by atoms with Crippen molar-refractivity contribution in [2.75, 3.05) is 0 Å². The van der Waals surface area contributed by atoms with Gasteiger partial charge in [-0.1, -0.05) is 22.9 Å². The molecule has 16 heavy (non-hydrogen) atoms. The van der Waals surface area contributed by atoms with Gasteiger partial charge in [0, 0.05) is 24.2 Å². The van der Waals surface area contributed by atoms with E-state index in [1.54, 1.807) is 4.68 Å². The van der Waals surface area contributed by atoms with E-state index >= 15 is 0 Å². The molecule has 0 saturated heterocycles. The molecule has 4 nitrogen and oxygen atoms in total. The summed E-state index contributed by atoms with van der Waals surface area (Å²) in [6, 6.07) is 5.61. The zero-order valence-electron chi connectivity index (χ0n) is 8.61. The fourth-order valence-corrected chi connectivity index (χ4v) is 2.28. The molecule has 0 aliphatic heterocycles. The van der Waals surface area contributed by atoms with Gasteiger partial charge >= 0.3 is 0 Å². The van der Waals surface area contributed by atoms with E-state index in [1.165, 1.54) is 0 Å². The first-order chi connectivity index (χ1) is 7.63. The minimum absolute atomic E-state index is 0.449. The Kier molecular flexibility index (Phi) is 3.28. The lowest BCUT2D eigenvalue weighted by atomic mass is 10.1. The van der Waals surface area contributed by atoms with Gasteiger partial charge in [0.15, 0.2) is 4.60 Å². The largest absolute Gasteiger partial charge is 0.326 e. The zero-order chi connectivity index (χ0) is 11.7. The smallest absolute Gasteiger partial charge is 0.156 e. The Morgan fingerprint density at radius 1 is 1.50 bits per heavy atom. The summed E-state index contributed by atoms with van der Waals surface area (Å²) in [4.78, 5) is 0. The maximum atomic E-state index is 5.99. The van der Waals surface area contributed by atoms with E-state index in [4.69, 9.17) is 17.3 Å². The molecule has 1 aromatic heterocycles. The van der Waals surface area contributed by atoms with Gasteiger partial charge in [-0.05, 0) is 33.6 Å². The van der Waals surface area contributed by atoms with Crippen LogP contribution in [0, 0.1) is 0 Å². The summed E-state index contributed by atoms with van der Waals surface area (Å²) >= 11 is 9.35. The van der Waals surface area contributed by atoms with E-state index < -0.39 is 0 Å². The van der Waals surface area contributed by atoms with Gasteiger partial charge in [0.1, 0.15) is 5.69 Å². The lowest BCUT2D eigenvalue weighted by Gasteiger charge is -2.08. The van der Waals surface area contributed by atoms with Crippen molar-refractivity contribution in [2.24, 2.45) is 12.8 Å². The molecular formula is C10H10BrClN4. The van der Waals surface area contributed by atoms with Crippen LogP contribution in [0.5, 0.6) is 0 Å². The SMILES string of the molecule is Cn1nnc(Br)c1-c1cc(Cl)ccc1CN. The Hall–Kier alpha value is -0.910. The van der Waals surface area contributed by atoms with Gasteiger partial charge in [-0.3, -0.25) is 0 Å². The molecule has 0 spiro atoms. The molecule has 0 amide bonds. The fourth-order valence-electron chi connectivity index (χ4n) is 1.56. The second kappa shape index (κ2) is 4.53. The lowest BCUT2D eigenvalue weighted by Crippen LogP contribution is -2.02. The maximum absolute atomic E-state index is 5.99. The molecule has 0 aliphatic carbocycles. The molecule has 0 unspecified atom stereocenters. The van der Waals surface area contributed by atoms with Crippen LogP contribution in [0.1, 0.15) is 5.56 Å². The van der Waals surface area contributed by atoms with Crippen LogP contribution in [-0.2, 0) is 13.6 Å². The van der Waals surface area contributed by atoms with Crippen LogP contribution in [0.4, 0.5) is 0 Å². The van der Waals surface area contributed by atoms with E-state index in [2.05, 4.69) is 26.2 Å². The Labute approximate surface area is 107 Å². The Balaban J connectivity index is 2.67. The number of hydrogen-bond donors (Lipinski definition) is 1. The molecule has 2 rings (SSSR count). The van der Waals surface area contributed by atoms with Crippen LogP contribution in [-0.4, -0.2) is 15.0 Å². The van der Waals surface area contributed by atoms with Crippen LogP contribution in [0.2, 0.25) is 5.02 Å². The number of nitrogens with two attached hydrogens (primary N) is 1. The van der Waals surface area contributed by atoms with Crippen LogP contribution in [0.15, 0.2) is 22.8 Å². The molecule has 0 aliphatic rings. The van der Waals surface area contributed by atoms with Gasteiger partial charge in [0.25, 0.3) is 0 Å². The van der Waals surface area contributed by atoms with Crippen LogP contribution in [0.25, 0.3) is 11.3 Å². The normalized spacial score (nSPS) is 10.8. The average molecular weight is 302 g/mol. The van der Waals surface area contributed by atoms with Crippen LogP contribution in [0.3, 0.4) is 0 Å². The first kappa shape index (κ1) is 11.6. The number of hydrogen-bond acceptors (Lipinski definition) is 3. The summed E-state index contributed by atoms with van der Waals surface area (Å²) < 4.78 is 2.38. The number of halogens is 2. The standard InChI is InChI=1S/C10H10BrClN4/c1-16-9(10(11)14-15-16)8-4-7(12)3-2-6(8)5-13/h2-4H,5,13H2,1H3. The molecule has 1 aromatic carbocycles. The number of aryl methyl sites for hydroxylation is 1. The van der Waals surface area contributed by atoms with Crippen LogP contribution >= 0.6 is 27.5 Å². The molecule has 1 heterocycles. The number of aromatic nitrogens is 3. The predicted molar refractivity (Wildman–Crippen MR) is 67.0 cm³/mol. The first-order valence-corrected chi connectivity index (χ1v) is 5.84. The van der Waals surface area contributed by atoms with Gasteiger partial charge in [-0.2, -0.15) is 0 Å². The van der Waals surface area contributed by atoms with E-state index in [0.717, 1.165) is 16.8 Å². The van der Waals surface area contributed by atoms with Crippen molar-refractivity contribution in [3.8, 4) is 11.3 Å². The Bertz CT molecular complexity index is 504. The molecule has 0 radical (unpaired) electrons. The summed E-state index contributed by atoms with van der Waals surface area (Å²) in [5.74, 6) is 0. The minimum atomic E-state index is 0.449. The van der Waals surface area contributed by atoms with E-state index in [1.807, 2.05) is 25.2 Å². The Morgan fingerprint density at radius 2 is 2.25 bits per heavy atom. The van der Waals surface area contributed by atoms with Crippen molar-refractivity contribution in [3.63, 3.8) is 0 Å². The topological polar surface area (TPSA) is 56.7 Å². The average Bonchev–Trinajstić information content (AvgIpc) is 2.58. The van der Waals surface area contributed by atoms with Crippen molar-refractivity contribution in [3.05, 3.63) is 33.4 Å². The third-order valence-corrected chi connectivity index (χ3v) is 3.10. The molecule has 0 fully saturated rings. The summed E-state index contributed by atoms with van der Waals surface area (Å²) in [5.41, 5.74) is 8.54. The molecule has 2 N–H and O–H groups in total. The minimum Gasteiger partial charge on any atom is -0.326 e. The summed E-state index contributed by atoms with van der Waals surface area (Å²) in [5, 5.41) is 8.54. The number of benzene rings is 1. The highest BCUT2D eigenvalue weighted by molar-refractivity contribution is 9.10. The van der Waals surface area contributed by atoms with Crippen molar-refractivity contribution >= 4 is 27.5 Å². The van der Waals surface area contributed by atoms with Crippen molar-refractivity contribution in [1.29, 1.82) is 0 Å². The van der Waals surface area contributed by atoms with Crippen molar-refractivity contribution < 1.29 is 0 Å². The maximum Gasteiger partial charge on any atom is 0.156 e. The van der Waals surface area contributed by atoms with Gasteiger partial charge in [-0.25, -0.2) is 4.68 Å². The monoisotopic (exact) mass is 300 g/mol. The van der Waals surface area contributed by atoms with Gasteiger partial charge in [0.05, 0.1) is 0 Å². The highest BCUT2D eigenvalue weighted by atomic mass is 79.9. The van der Waals surface area contributed by atoms with E-state index in [9.17, 15) is 0 Å². The summed E-state index contributed by atoms with van der Waals surface area (Å²) in [7, 11) is 1.83. The third-order valence-electron chi connectivity index (χ3n) is 2.33. The molecule has 84 valence electrons. The molecule has 0 saturated carbocycles. The predicted octanol–water partition coefficient (Wildman–Crippen LogP) is 2.36. The molecule has 0 bridgehead atoms. The summed E-state index contributed by atoms with van der Waals surface area (Å²) in [6.07, 6.45) is 0. The third kappa shape index (κ3) is 1.98. The van der Waals surface area contributed by atoms with E-state index in [-0.39, 0.29) is 0 Å². The fraction of sp³-hybridized carbons (Fsp3) is 0.200. The zero-order valence-corrected chi connectivity index (χ0v) is 11.0. The quantitative estimate of drug-likeness (QED) is 0.926. The Morgan fingerprint density at radius 3 is 2.81 bits per heavy atom. The molecule has 0 atom stereocenters. The second-order valence-electron chi connectivity index (χ2n) is 3.36. The van der Waals surface area contributed by atoms with Crippen LogP contribution < -0.4 is 5.73 Å². The van der Waals surface area contributed by atoms with Gasteiger partial charge in [-0.15, -0.1) is 5.10 Å². The highest BCUT2D eigenvalue weighted by Gasteiger charge is 2.14. The molecule has 6 heteroatoms. The summed E-state index contributed by atoms with van der Waals surface area (Å²) in [6.45, 7) is 0.449. The first-order valence-electron chi connectivity index (χ1n) is 4.67. The van der Waals surface area contributed by atoms with Gasteiger partial charge < -0.3 is 5.73 Å². The number of rotatable bonds is 2. The second-order valence-corrected chi connectivity index (χ2v) is 4.55. The van der Waals surface area contributed by atoms with Crippen molar-refractivity contribution in [1.82, 2.24) is 15.0 Å². The molecule has 2 aromatic rings. The number of nitrogens with zero attached hydrogens (tertiary/aromatic N) is 3.